The van der Waals surface area contributed by atoms with E-state index in [9.17, 15) is 9.59 Å². The molecule has 0 saturated carbocycles. The first-order valence-corrected chi connectivity index (χ1v) is 7.25. The predicted molar refractivity (Wildman–Crippen MR) is 83.7 cm³/mol. The number of nitrogens with one attached hydrogen (secondary N) is 1. The summed E-state index contributed by atoms with van der Waals surface area (Å²) in [5.41, 5.74) is 2.56. The van der Waals surface area contributed by atoms with Gasteiger partial charge in [0.2, 0.25) is 5.91 Å². The largest absolute Gasteiger partial charge is 0.343 e. The Balaban J connectivity index is 1.67. The lowest BCUT2D eigenvalue weighted by atomic mass is 10.1. The molecule has 0 aliphatic carbocycles. The van der Waals surface area contributed by atoms with Crippen LogP contribution in [0.1, 0.15) is 22.8 Å². The molecular weight excluding hydrogens is 278 g/mol. The Kier molecular flexibility index (Phi) is 3.87. The summed E-state index contributed by atoms with van der Waals surface area (Å²) in [4.78, 5) is 30.1. The van der Waals surface area contributed by atoms with Gasteiger partial charge in [-0.2, -0.15) is 0 Å². The molecule has 2 heterocycles. The normalized spacial score (nSPS) is 16.2. The lowest BCUT2D eigenvalue weighted by molar-refractivity contribution is -0.118. The van der Waals surface area contributed by atoms with E-state index >= 15 is 0 Å². The molecule has 1 aliphatic heterocycles. The number of hydrogen-bond donors (Lipinski definition) is 1. The maximum Gasteiger partial charge on any atom is 0.253 e. The number of fused-ring (bicyclic) bond motifs is 1. The summed E-state index contributed by atoms with van der Waals surface area (Å²) in [6, 6.07) is 11.3. The summed E-state index contributed by atoms with van der Waals surface area (Å²) in [6.45, 7) is 1.99. The summed E-state index contributed by atoms with van der Waals surface area (Å²) in [7, 11) is 0. The molecule has 22 heavy (non-hydrogen) atoms. The Morgan fingerprint density at radius 1 is 1.27 bits per heavy atom. The topological polar surface area (TPSA) is 62.3 Å². The van der Waals surface area contributed by atoms with Crippen LogP contribution in [-0.4, -0.2) is 29.4 Å². The van der Waals surface area contributed by atoms with Gasteiger partial charge in [0, 0.05) is 24.1 Å². The van der Waals surface area contributed by atoms with Crippen LogP contribution in [0.5, 0.6) is 0 Å². The first kappa shape index (κ1) is 14.3. The molecule has 0 fully saturated rings. The first-order valence-electron chi connectivity index (χ1n) is 7.25. The van der Waals surface area contributed by atoms with Gasteiger partial charge in [-0.15, -0.1) is 0 Å². The van der Waals surface area contributed by atoms with Crippen LogP contribution in [0, 0.1) is 0 Å². The van der Waals surface area contributed by atoms with Gasteiger partial charge in [-0.05, 0) is 37.1 Å². The fraction of sp³-hybridized carbons (Fsp3) is 0.235. The molecule has 2 amide bonds. The van der Waals surface area contributed by atoms with Crippen LogP contribution in [0.3, 0.4) is 0 Å². The van der Waals surface area contributed by atoms with Crippen molar-refractivity contribution in [3.05, 3.63) is 59.9 Å². The van der Waals surface area contributed by atoms with Gasteiger partial charge in [0.15, 0.2) is 0 Å². The summed E-state index contributed by atoms with van der Waals surface area (Å²) in [5, 5.41) is 2.66. The number of carbonyl (C=O) groups is 2. The second kappa shape index (κ2) is 5.97. The SMILES string of the molecule is CC1Cc2ccccc2N1C(=O)CNC(=O)c1cccnc1. The van der Waals surface area contributed by atoms with Crippen molar-refractivity contribution in [2.45, 2.75) is 19.4 Å². The molecule has 3 rings (SSSR count). The minimum Gasteiger partial charge on any atom is -0.343 e. The lowest BCUT2D eigenvalue weighted by Gasteiger charge is -2.22. The van der Waals surface area contributed by atoms with E-state index in [2.05, 4.69) is 10.3 Å². The summed E-state index contributed by atoms with van der Waals surface area (Å²) >= 11 is 0. The summed E-state index contributed by atoms with van der Waals surface area (Å²) in [6.07, 6.45) is 3.93. The average molecular weight is 295 g/mol. The van der Waals surface area contributed by atoms with Gasteiger partial charge >= 0.3 is 0 Å². The minimum atomic E-state index is -0.290. The predicted octanol–water partition coefficient (Wildman–Crippen LogP) is 1.79. The maximum absolute atomic E-state index is 12.4. The highest BCUT2D eigenvalue weighted by Crippen LogP contribution is 2.31. The van der Waals surface area contributed by atoms with Crippen molar-refractivity contribution in [2.75, 3.05) is 11.4 Å². The zero-order chi connectivity index (χ0) is 15.5. The molecule has 5 nitrogen and oxygen atoms in total. The van der Waals surface area contributed by atoms with Crippen molar-refractivity contribution >= 4 is 17.5 Å². The molecule has 0 radical (unpaired) electrons. The molecule has 1 aromatic carbocycles. The Labute approximate surface area is 129 Å². The molecule has 1 N–H and O–H groups in total. The van der Waals surface area contributed by atoms with Crippen LogP contribution in [0.2, 0.25) is 0 Å². The number of pyridine rings is 1. The molecular formula is C17H17N3O2. The maximum atomic E-state index is 12.4. The van der Waals surface area contributed by atoms with Crippen LogP contribution in [0.25, 0.3) is 0 Å². The molecule has 1 atom stereocenters. The highest BCUT2D eigenvalue weighted by atomic mass is 16.2. The highest BCUT2D eigenvalue weighted by molar-refractivity contribution is 6.01. The molecule has 5 heteroatoms. The molecule has 0 bridgehead atoms. The summed E-state index contributed by atoms with van der Waals surface area (Å²) < 4.78 is 0. The Morgan fingerprint density at radius 2 is 2.09 bits per heavy atom. The Morgan fingerprint density at radius 3 is 2.86 bits per heavy atom. The van der Waals surface area contributed by atoms with E-state index in [1.54, 1.807) is 23.2 Å². The molecule has 1 aromatic heterocycles. The third kappa shape index (κ3) is 2.70. The van der Waals surface area contributed by atoms with Crippen molar-refractivity contribution in [1.29, 1.82) is 0 Å². The molecule has 112 valence electrons. The number of nitrogens with zero attached hydrogens (tertiary/aromatic N) is 2. The van der Waals surface area contributed by atoms with Crippen LogP contribution >= 0.6 is 0 Å². The minimum absolute atomic E-state index is 0.0214. The molecule has 0 spiro atoms. The van der Waals surface area contributed by atoms with Gasteiger partial charge in [-0.1, -0.05) is 18.2 Å². The zero-order valence-electron chi connectivity index (χ0n) is 12.3. The van der Waals surface area contributed by atoms with Crippen molar-refractivity contribution < 1.29 is 9.59 Å². The smallest absolute Gasteiger partial charge is 0.253 e. The van der Waals surface area contributed by atoms with Crippen LogP contribution in [0.15, 0.2) is 48.8 Å². The number of aromatic nitrogens is 1. The van der Waals surface area contributed by atoms with E-state index in [0.717, 1.165) is 12.1 Å². The second-order valence-corrected chi connectivity index (χ2v) is 5.37. The monoisotopic (exact) mass is 295 g/mol. The number of hydrogen-bond acceptors (Lipinski definition) is 3. The van der Waals surface area contributed by atoms with Crippen molar-refractivity contribution in [3.8, 4) is 0 Å². The molecule has 2 aromatic rings. The van der Waals surface area contributed by atoms with E-state index in [-0.39, 0.29) is 24.4 Å². The Bertz CT molecular complexity index is 700. The number of benzene rings is 1. The van der Waals surface area contributed by atoms with Gasteiger partial charge < -0.3 is 10.2 Å². The van der Waals surface area contributed by atoms with Crippen molar-refractivity contribution in [2.24, 2.45) is 0 Å². The van der Waals surface area contributed by atoms with Gasteiger partial charge in [-0.25, -0.2) is 0 Å². The molecule has 0 saturated heterocycles. The molecule has 1 aliphatic rings. The fourth-order valence-electron chi connectivity index (χ4n) is 2.79. The van der Waals surface area contributed by atoms with Gasteiger partial charge in [0.1, 0.15) is 0 Å². The fourth-order valence-corrected chi connectivity index (χ4v) is 2.79. The highest BCUT2D eigenvalue weighted by Gasteiger charge is 2.30. The molecule has 1 unspecified atom stereocenters. The number of rotatable bonds is 3. The summed E-state index contributed by atoms with van der Waals surface area (Å²) in [5.74, 6) is -0.392. The van der Waals surface area contributed by atoms with Gasteiger partial charge in [-0.3, -0.25) is 14.6 Å². The number of carbonyl (C=O) groups excluding carboxylic acids is 2. The van der Waals surface area contributed by atoms with Crippen LogP contribution in [-0.2, 0) is 11.2 Å². The third-order valence-electron chi connectivity index (χ3n) is 3.80. The second-order valence-electron chi connectivity index (χ2n) is 5.37. The van der Waals surface area contributed by atoms with Crippen LogP contribution in [0.4, 0.5) is 5.69 Å². The lowest BCUT2D eigenvalue weighted by Crippen LogP contribution is -2.43. The van der Waals surface area contributed by atoms with E-state index in [4.69, 9.17) is 0 Å². The third-order valence-corrected chi connectivity index (χ3v) is 3.80. The van der Waals surface area contributed by atoms with Crippen LogP contribution < -0.4 is 10.2 Å². The van der Waals surface area contributed by atoms with E-state index in [0.29, 0.717) is 5.56 Å². The van der Waals surface area contributed by atoms with Crippen molar-refractivity contribution in [1.82, 2.24) is 10.3 Å². The van der Waals surface area contributed by atoms with E-state index in [1.807, 2.05) is 31.2 Å². The Hall–Kier alpha value is -2.69. The quantitative estimate of drug-likeness (QED) is 0.939. The number of para-hydroxylation sites is 1. The number of amides is 2. The standard InChI is InChI=1S/C17H17N3O2/c1-12-9-13-5-2-3-7-15(13)20(12)16(21)11-19-17(22)14-6-4-8-18-10-14/h2-8,10,12H,9,11H2,1H3,(H,19,22). The van der Waals surface area contributed by atoms with E-state index < -0.39 is 0 Å². The zero-order valence-corrected chi connectivity index (χ0v) is 12.3. The number of anilines is 1. The average Bonchev–Trinajstić information content (AvgIpc) is 2.89. The van der Waals surface area contributed by atoms with E-state index in [1.165, 1.54) is 11.8 Å². The van der Waals surface area contributed by atoms with Crippen molar-refractivity contribution in [3.63, 3.8) is 0 Å². The first-order chi connectivity index (χ1) is 10.7. The van der Waals surface area contributed by atoms with Gasteiger partial charge in [0.25, 0.3) is 5.91 Å². The van der Waals surface area contributed by atoms with Gasteiger partial charge in [0.05, 0.1) is 12.1 Å².